The second kappa shape index (κ2) is 6.82. The third kappa shape index (κ3) is 3.11. The summed E-state index contributed by atoms with van der Waals surface area (Å²) < 4.78 is 5.57. The van der Waals surface area contributed by atoms with Crippen molar-refractivity contribution >= 4 is 13.8 Å². The first kappa shape index (κ1) is 16.8. The van der Waals surface area contributed by atoms with Gasteiger partial charge in [-0.2, -0.15) is 0 Å². The van der Waals surface area contributed by atoms with Crippen LogP contribution in [0.2, 0.25) is 0 Å². The summed E-state index contributed by atoms with van der Waals surface area (Å²) in [5.74, 6) is 0.0606. The Bertz CT molecular complexity index is 640. The molecule has 0 N–H and O–H groups in total. The Kier molecular flexibility index (Phi) is 4.77. The highest BCUT2D eigenvalue weighted by Gasteiger charge is 2.41. The summed E-state index contributed by atoms with van der Waals surface area (Å²) in [4.78, 5) is 15.4. The van der Waals surface area contributed by atoms with E-state index in [1.54, 1.807) is 0 Å². The molecule has 1 amide bonds. The molecule has 1 fully saturated rings. The first-order valence-corrected chi connectivity index (χ1v) is 8.33. The van der Waals surface area contributed by atoms with Gasteiger partial charge in [-0.25, -0.2) is 0 Å². The first-order chi connectivity index (χ1) is 11.5. The van der Waals surface area contributed by atoms with Gasteiger partial charge in [0.2, 0.25) is 5.91 Å². The monoisotopic (exact) mass is 319 g/mol. The highest BCUT2D eigenvalue weighted by molar-refractivity contribution is 6.11. The van der Waals surface area contributed by atoms with Crippen LogP contribution in [-0.4, -0.2) is 43.9 Å². The van der Waals surface area contributed by atoms with E-state index in [4.69, 9.17) is 12.6 Å². The molecular formula is C20H22BNO2. The van der Waals surface area contributed by atoms with Gasteiger partial charge in [0.05, 0.1) is 11.5 Å². The smallest absolute Gasteiger partial charge is 0.237 e. The molecule has 4 heteroatoms. The van der Waals surface area contributed by atoms with E-state index >= 15 is 0 Å². The first-order valence-electron chi connectivity index (χ1n) is 8.33. The highest BCUT2D eigenvalue weighted by atomic mass is 16.5. The van der Waals surface area contributed by atoms with Crippen LogP contribution in [-0.2, 0) is 14.9 Å². The van der Waals surface area contributed by atoms with Crippen molar-refractivity contribution in [3.05, 3.63) is 71.8 Å². The summed E-state index contributed by atoms with van der Waals surface area (Å²) in [7, 11) is 5.96. The van der Waals surface area contributed by atoms with Crippen molar-refractivity contribution in [1.82, 2.24) is 4.90 Å². The lowest BCUT2D eigenvalue weighted by atomic mass is 9.74. The van der Waals surface area contributed by atoms with Gasteiger partial charge in [0.15, 0.2) is 0 Å². The molecule has 2 radical (unpaired) electrons. The summed E-state index contributed by atoms with van der Waals surface area (Å²) >= 11 is 0. The van der Waals surface area contributed by atoms with Crippen molar-refractivity contribution in [2.24, 2.45) is 0 Å². The number of ether oxygens (including phenoxy) is 1. The Labute approximate surface area is 145 Å². The topological polar surface area (TPSA) is 29.5 Å². The van der Waals surface area contributed by atoms with E-state index in [1.807, 2.05) is 79.4 Å². The maximum Gasteiger partial charge on any atom is 0.237 e. The number of rotatable bonds is 3. The minimum absolute atomic E-state index is 0.0606. The molecule has 3 nitrogen and oxygen atoms in total. The second-order valence-corrected chi connectivity index (χ2v) is 6.55. The van der Waals surface area contributed by atoms with Gasteiger partial charge in [0, 0.05) is 19.1 Å². The second-order valence-electron chi connectivity index (χ2n) is 6.55. The van der Waals surface area contributed by atoms with Gasteiger partial charge >= 0.3 is 0 Å². The molecule has 1 saturated heterocycles. The van der Waals surface area contributed by atoms with E-state index in [2.05, 4.69) is 0 Å². The van der Waals surface area contributed by atoms with Gasteiger partial charge < -0.3 is 9.64 Å². The molecule has 0 spiro atoms. The molecule has 24 heavy (non-hydrogen) atoms. The van der Waals surface area contributed by atoms with E-state index in [9.17, 15) is 4.79 Å². The van der Waals surface area contributed by atoms with Gasteiger partial charge in [0.25, 0.3) is 0 Å². The molecule has 1 aliphatic rings. The molecule has 2 atom stereocenters. The fraction of sp³-hybridized carbons (Fsp3) is 0.350. The van der Waals surface area contributed by atoms with Crippen LogP contribution in [0.1, 0.15) is 25.0 Å². The van der Waals surface area contributed by atoms with Crippen LogP contribution >= 0.6 is 0 Å². The fourth-order valence-corrected chi connectivity index (χ4v) is 3.43. The van der Waals surface area contributed by atoms with E-state index in [1.165, 1.54) is 0 Å². The van der Waals surface area contributed by atoms with Crippen LogP contribution < -0.4 is 0 Å². The summed E-state index contributed by atoms with van der Waals surface area (Å²) in [6.07, 6.45) is -0.0616. The number of carbonyl (C=O) groups is 1. The van der Waals surface area contributed by atoms with Crippen molar-refractivity contribution in [3.8, 4) is 0 Å². The number of nitrogens with zero attached hydrogens (tertiary/aromatic N) is 1. The minimum atomic E-state index is -0.751. The zero-order valence-corrected chi connectivity index (χ0v) is 14.2. The molecule has 1 heterocycles. The SMILES string of the molecule is [B]C1CN(C(=O)C(C)(c2ccccc2)c2ccccc2)CC(C)O1. The van der Waals surface area contributed by atoms with Crippen LogP contribution in [0.5, 0.6) is 0 Å². The lowest BCUT2D eigenvalue weighted by molar-refractivity contribution is -0.144. The average molecular weight is 319 g/mol. The Hall–Kier alpha value is -2.07. The van der Waals surface area contributed by atoms with Crippen molar-refractivity contribution in [2.75, 3.05) is 13.1 Å². The molecule has 2 unspecified atom stereocenters. The molecule has 2 aromatic rings. The van der Waals surface area contributed by atoms with Crippen LogP contribution in [0.3, 0.4) is 0 Å². The van der Waals surface area contributed by atoms with Crippen LogP contribution in [0.15, 0.2) is 60.7 Å². The minimum Gasteiger partial charge on any atom is -0.381 e. The van der Waals surface area contributed by atoms with Crippen molar-refractivity contribution in [1.29, 1.82) is 0 Å². The Morgan fingerprint density at radius 2 is 1.54 bits per heavy atom. The summed E-state index contributed by atoms with van der Waals surface area (Å²) in [5, 5.41) is 0. The Morgan fingerprint density at radius 1 is 1.04 bits per heavy atom. The van der Waals surface area contributed by atoms with Crippen molar-refractivity contribution in [3.63, 3.8) is 0 Å². The van der Waals surface area contributed by atoms with Gasteiger partial charge in [-0.05, 0) is 25.0 Å². The van der Waals surface area contributed by atoms with E-state index in [-0.39, 0.29) is 12.0 Å². The van der Waals surface area contributed by atoms with Crippen LogP contribution in [0, 0.1) is 0 Å². The number of amides is 1. The van der Waals surface area contributed by atoms with Crippen LogP contribution in [0.25, 0.3) is 0 Å². The molecule has 3 rings (SSSR count). The van der Waals surface area contributed by atoms with Gasteiger partial charge in [-0.15, -0.1) is 0 Å². The lowest BCUT2D eigenvalue weighted by Gasteiger charge is -2.41. The van der Waals surface area contributed by atoms with Gasteiger partial charge in [0.1, 0.15) is 7.85 Å². The third-order valence-electron chi connectivity index (χ3n) is 4.70. The maximum absolute atomic E-state index is 13.5. The number of benzene rings is 2. The Balaban J connectivity index is 2.04. The number of carbonyl (C=O) groups excluding carboxylic acids is 1. The van der Waals surface area contributed by atoms with Crippen molar-refractivity contribution in [2.45, 2.75) is 31.4 Å². The molecule has 0 saturated carbocycles. The largest absolute Gasteiger partial charge is 0.381 e. The van der Waals surface area contributed by atoms with Crippen molar-refractivity contribution < 1.29 is 9.53 Å². The number of hydrogen-bond donors (Lipinski definition) is 0. The average Bonchev–Trinajstić information content (AvgIpc) is 2.61. The normalized spacial score (nSPS) is 21.5. The molecule has 0 aliphatic carbocycles. The Morgan fingerprint density at radius 3 is 2.00 bits per heavy atom. The molecule has 122 valence electrons. The molecular weight excluding hydrogens is 297 g/mol. The van der Waals surface area contributed by atoms with Crippen LogP contribution in [0.4, 0.5) is 0 Å². The quantitative estimate of drug-likeness (QED) is 0.814. The molecule has 0 bridgehead atoms. The molecule has 2 aromatic carbocycles. The van der Waals surface area contributed by atoms with Gasteiger partial charge in [-0.1, -0.05) is 60.7 Å². The number of morpholine rings is 1. The predicted octanol–water partition coefficient (Wildman–Crippen LogP) is 2.73. The number of hydrogen-bond acceptors (Lipinski definition) is 2. The molecule has 1 aliphatic heterocycles. The predicted molar refractivity (Wildman–Crippen MR) is 96.0 cm³/mol. The summed E-state index contributed by atoms with van der Waals surface area (Å²) in [6.45, 7) is 4.91. The third-order valence-corrected chi connectivity index (χ3v) is 4.70. The summed E-state index contributed by atoms with van der Waals surface area (Å²) in [6, 6.07) is 19.4. The molecule has 0 aromatic heterocycles. The standard InChI is InChI=1S/C20H22BNO2/c1-15-13-22(14-18(21)24-15)19(23)20(2,16-9-5-3-6-10-16)17-11-7-4-8-12-17/h3-12,15,18H,13-14H2,1-2H3. The van der Waals surface area contributed by atoms with E-state index in [0.717, 1.165) is 11.1 Å². The van der Waals surface area contributed by atoms with E-state index in [0.29, 0.717) is 13.1 Å². The summed E-state index contributed by atoms with van der Waals surface area (Å²) in [5.41, 5.74) is 1.21. The lowest BCUT2D eigenvalue weighted by Crippen LogP contribution is -2.55. The van der Waals surface area contributed by atoms with E-state index < -0.39 is 11.4 Å². The zero-order chi connectivity index (χ0) is 17.2. The fourth-order valence-electron chi connectivity index (χ4n) is 3.43. The van der Waals surface area contributed by atoms with Gasteiger partial charge in [-0.3, -0.25) is 4.79 Å². The maximum atomic E-state index is 13.5. The zero-order valence-electron chi connectivity index (χ0n) is 14.2. The highest BCUT2D eigenvalue weighted by Crippen LogP contribution is 2.34.